The van der Waals surface area contributed by atoms with Crippen molar-refractivity contribution in [2.24, 2.45) is 28.6 Å². The summed E-state index contributed by atoms with van der Waals surface area (Å²) in [6, 6.07) is 0. The topological polar surface area (TPSA) is 140 Å². The number of allylic oxidation sites excluding steroid dienone is 2. The Labute approximate surface area is 228 Å². The summed E-state index contributed by atoms with van der Waals surface area (Å²) in [7, 11) is 0. The van der Waals surface area contributed by atoms with E-state index in [4.69, 9.17) is 14.2 Å². The Morgan fingerprint density at radius 2 is 1.97 bits per heavy atom. The molecule has 2 heterocycles. The maximum atomic E-state index is 13.4. The third kappa shape index (κ3) is 3.84. The van der Waals surface area contributed by atoms with Gasteiger partial charge in [0.1, 0.15) is 18.3 Å². The monoisotopic (exact) mass is 544 g/mol. The van der Waals surface area contributed by atoms with Crippen LogP contribution in [0, 0.1) is 28.6 Å². The van der Waals surface area contributed by atoms with E-state index in [9.17, 15) is 29.7 Å². The number of hydrogen-bond donors (Lipinski definition) is 3. The van der Waals surface area contributed by atoms with Gasteiger partial charge in [0.2, 0.25) is 6.10 Å². The van der Waals surface area contributed by atoms with E-state index in [-0.39, 0.29) is 25.0 Å². The normalized spacial score (nSPS) is 44.8. The summed E-state index contributed by atoms with van der Waals surface area (Å²) in [6.45, 7) is 11.5. The SMILES string of the molecule is C=C1[C@H](O)[C@@]2(O)OC[C@@]34[C@@H](C[C@H]5C(C)=CC(=O)[C@@H](O)[C@]5(C)[C@H]23)OC(=O)[C@@H](OC(=O)C/C=C(/C)CCCCC)[C@H]14. The fourth-order valence-corrected chi connectivity index (χ4v) is 8.50. The van der Waals surface area contributed by atoms with Crippen LogP contribution in [0.25, 0.3) is 0 Å². The number of aliphatic hydroxyl groups excluding tert-OH is 2. The summed E-state index contributed by atoms with van der Waals surface area (Å²) in [5.41, 5.74) is -0.536. The van der Waals surface area contributed by atoms with Gasteiger partial charge >= 0.3 is 11.9 Å². The van der Waals surface area contributed by atoms with Crippen molar-refractivity contribution in [2.45, 2.75) is 96.4 Å². The summed E-state index contributed by atoms with van der Waals surface area (Å²) in [4.78, 5) is 39.2. The molecule has 10 atom stereocenters. The number of esters is 2. The second-order valence-corrected chi connectivity index (χ2v) is 12.4. The van der Waals surface area contributed by atoms with Gasteiger partial charge < -0.3 is 29.5 Å². The summed E-state index contributed by atoms with van der Waals surface area (Å²) >= 11 is 0. The van der Waals surface area contributed by atoms with Crippen LogP contribution in [0.15, 0.2) is 35.5 Å². The molecule has 5 rings (SSSR count). The fourth-order valence-electron chi connectivity index (χ4n) is 8.50. The smallest absolute Gasteiger partial charge is 0.348 e. The number of carbonyl (C=O) groups is 3. The summed E-state index contributed by atoms with van der Waals surface area (Å²) < 4.78 is 17.6. The van der Waals surface area contributed by atoms with E-state index < -0.39 is 76.5 Å². The average molecular weight is 545 g/mol. The number of unbranched alkanes of at least 4 members (excludes halogenated alkanes) is 2. The predicted octanol–water partition coefficient (Wildman–Crippen LogP) is 2.52. The van der Waals surface area contributed by atoms with Crippen LogP contribution in [-0.4, -0.2) is 69.9 Å². The number of carbonyl (C=O) groups excluding carboxylic acids is 3. The third-order valence-electron chi connectivity index (χ3n) is 10.3. The zero-order valence-electron chi connectivity index (χ0n) is 23.1. The van der Waals surface area contributed by atoms with Crippen LogP contribution in [0.3, 0.4) is 0 Å². The van der Waals surface area contributed by atoms with Crippen LogP contribution in [-0.2, 0) is 28.6 Å². The van der Waals surface area contributed by atoms with Crippen LogP contribution < -0.4 is 0 Å². The Hall–Kier alpha value is -2.33. The standard InChI is InChI=1S/C30H40O9/c1-6-7-8-9-15(2)10-11-21(32)39-23-22-17(4)24(33)30(36)27-28(5)18(16(3)12-19(31)25(28)34)13-20(38-26(23)35)29(22,27)14-37-30/h10,12,18,20,22-25,27,33-34,36H,4,6-9,11,13-14H2,1-3,5H3/b15-10-/t18-,20+,22-,23-,24-,25+,27-,28+,29-,30+/m0/s1. The Morgan fingerprint density at radius 3 is 2.67 bits per heavy atom. The lowest BCUT2D eigenvalue weighted by molar-refractivity contribution is -0.311. The first kappa shape index (κ1) is 28.2. The lowest BCUT2D eigenvalue weighted by Gasteiger charge is -2.67. The molecule has 2 saturated carbocycles. The van der Waals surface area contributed by atoms with Gasteiger partial charge in [-0.1, -0.05) is 50.5 Å². The molecule has 2 bridgehead atoms. The molecule has 3 aliphatic carbocycles. The van der Waals surface area contributed by atoms with Gasteiger partial charge in [0.15, 0.2) is 11.6 Å². The van der Waals surface area contributed by atoms with Gasteiger partial charge in [0, 0.05) is 17.3 Å². The fraction of sp³-hybridized carbons (Fsp3) is 0.700. The zero-order chi connectivity index (χ0) is 28.5. The molecule has 0 unspecified atom stereocenters. The van der Waals surface area contributed by atoms with Crippen molar-refractivity contribution in [2.75, 3.05) is 6.61 Å². The van der Waals surface area contributed by atoms with Crippen molar-refractivity contribution >= 4 is 17.7 Å². The lowest BCUT2D eigenvalue weighted by Crippen LogP contribution is -2.76. The van der Waals surface area contributed by atoms with Gasteiger partial charge in [-0.3, -0.25) is 9.59 Å². The Kier molecular flexibility index (Phi) is 6.98. The first-order chi connectivity index (χ1) is 18.3. The molecule has 1 spiro atoms. The van der Waals surface area contributed by atoms with E-state index >= 15 is 0 Å². The number of ether oxygens (including phenoxy) is 3. The highest BCUT2D eigenvalue weighted by molar-refractivity contribution is 5.96. The summed E-state index contributed by atoms with van der Waals surface area (Å²) in [5.74, 6) is -6.39. The quantitative estimate of drug-likeness (QED) is 0.251. The highest BCUT2D eigenvalue weighted by Crippen LogP contribution is 2.73. The minimum atomic E-state index is -2.17. The van der Waals surface area contributed by atoms with E-state index in [0.29, 0.717) is 5.57 Å². The van der Waals surface area contributed by atoms with Crippen LogP contribution in [0.2, 0.25) is 0 Å². The number of rotatable bonds is 7. The largest absolute Gasteiger partial charge is 0.459 e. The minimum Gasteiger partial charge on any atom is -0.459 e. The van der Waals surface area contributed by atoms with Crippen LogP contribution in [0.4, 0.5) is 0 Å². The molecule has 0 aromatic heterocycles. The van der Waals surface area contributed by atoms with Gasteiger partial charge in [-0.15, -0.1) is 0 Å². The van der Waals surface area contributed by atoms with Crippen molar-refractivity contribution in [3.8, 4) is 0 Å². The van der Waals surface area contributed by atoms with Crippen molar-refractivity contribution in [1.82, 2.24) is 0 Å². The molecular weight excluding hydrogens is 504 g/mol. The number of fused-ring (bicyclic) bond motifs is 1. The van der Waals surface area contributed by atoms with Gasteiger partial charge in [-0.05, 0) is 50.7 Å². The highest BCUT2D eigenvalue weighted by atomic mass is 16.7. The summed E-state index contributed by atoms with van der Waals surface area (Å²) in [5, 5.41) is 34.5. The number of aliphatic hydroxyl groups is 3. The lowest BCUT2D eigenvalue weighted by atomic mass is 9.38. The molecule has 0 aromatic rings. The van der Waals surface area contributed by atoms with E-state index in [1.807, 2.05) is 6.92 Å². The van der Waals surface area contributed by atoms with Gasteiger partial charge in [0.25, 0.3) is 0 Å². The average Bonchev–Trinajstić information content (AvgIpc) is 3.17. The maximum absolute atomic E-state index is 13.4. The number of ketones is 1. The second-order valence-electron chi connectivity index (χ2n) is 12.4. The molecule has 9 heteroatoms. The molecule has 39 heavy (non-hydrogen) atoms. The Morgan fingerprint density at radius 1 is 1.26 bits per heavy atom. The van der Waals surface area contributed by atoms with E-state index in [1.165, 1.54) is 6.08 Å². The van der Waals surface area contributed by atoms with Crippen molar-refractivity contribution in [1.29, 1.82) is 0 Å². The first-order valence-corrected chi connectivity index (χ1v) is 14.0. The molecule has 5 aliphatic rings. The molecule has 2 aliphatic heterocycles. The van der Waals surface area contributed by atoms with Crippen molar-refractivity contribution in [3.63, 3.8) is 0 Å². The van der Waals surface area contributed by atoms with Gasteiger partial charge in [-0.2, -0.15) is 0 Å². The molecule has 9 nitrogen and oxygen atoms in total. The Bertz CT molecular complexity index is 1160. The van der Waals surface area contributed by atoms with E-state index in [1.54, 1.807) is 19.9 Å². The first-order valence-electron chi connectivity index (χ1n) is 14.0. The van der Waals surface area contributed by atoms with Crippen LogP contribution in [0.5, 0.6) is 0 Å². The zero-order valence-corrected chi connectivity index (χ0v) is 23.1. The van der Waals surface area contributed by atoms with Crippen molar-refractivity contribution < 1.29 is 43.9 Å². The highest BCUT2D eigenvalue weighted by Gasteiger charge is 2.83. The number of hydrogen-bond acceptors (Lipinski definition) is 9. The molecule has 4 fully saturated rings. The maximum Gasteiger partial charge on any atom is 0.348 e. The molecule has 2 saturated heterocycles. The predicted molar refractivity (Wildman–Crippen MR) is 139 cm³/mol. The molecule has 214 valence electrons. The van der Waals surface area contributed by atoms with Crippen molar-refractivity contribution in [3.05, 3.63) is 35.5 Å². The minimum absolute atomic E-state index is 0.0270. The molecule has 0 amide bonds. The molecule has 0 aromatic carbocycles. The summed E-state index contributed by atoms with van der Waals surface area (Å²) in [6.07, 6.45) is 2.25. The van der Waals surface area contributed by atoms with E-state index in [2.05, 4.69) is 13.5 Å². The third-order valence-corrected chi connectivity index (χ3v) is 10.3. The van der Waals surface area contributed by atoms with Crippen LogP contribution >= 0.6 is 0 Å². The Balaban J connectivity index is 1.52. The molecule has 3 N–H and O–H groups in total. The van der Waals surface area contributed by atoms with E-state index in [0.717, 1.165) is 31.3 Å². The van der Waals surface area contributed by atoms with Gasteiger partial charge in [0.05, 0.1) is 18.4 Å². The van der Waals surface area contributed by atoms with Crippen LogP contribution in [0.1, 0.15) is 66.2 Å². The second kappa shape index (κ2) is 9.65. The molecular formula is C30H40O9. The molecule has 0 radical (unpaired) electrons. The van der Waals surface area contributed by atoms with Gasteiger partial charge in [-0.25, -0.2) is 4.79 Å².